The molecule has 0 atom stereocenters. The van der Waals surface area contributed by atoms with E-state index in [1.54, 1.807) is 19.3 Å². The highest BCUT2D eigenvalue weighted by molar-refractivity contribution is 5.87. The van der Waals surface area contributed by atoms with Gasteiger partial charge in [0.25, 0.3) is 6.47 Å². The van der Waals surface area contributed by atoms with Gasteiger partial charge in [-0.15, -0.1) is 0 Å². The van der Waals surface area contributed by atoms with Gasteiger partial charge in [0, 0.05) is 6.08 Å². The van der Waals surface area contributed by atoms with Crippen LogP contribution in [0, 0.1) is 0 Å². The lowest BCUT2D eigenvalue weighted by Crippen LogP contribution is -2.00. The summed E-state index contributed by atoms with van der Waals surface area (Å²) in [5.74, 6) is 0.867. The zero-order chi connectivity index (χ0) is 17.6. The van der Waals surface area contributed by atoms with Crippen LogP contribution in [-0.4, -0.2) is 39.9 Å². The van der Waals surface area contributed by atoms with Gasteiger partial charge >= 0.3 is 5.97 Å². The Labute approximate surface area is 142 Å². The number of esters is 1. The second-order valence-electron chi connectivity index (χ2n) is 5.00. The van der Waals surface area contributed by atoms with Crippen LogP contribution in [0.1, 0.15) is 31.2 Å². The van der Waals surface area contributed by atoms with Crippen molar-refractivity contribution in [2.24, 2.45) is 0 Å². The first-order chi connectivity index (χ1) is 11.7. The molecule has 0 unspecified atom stereocenters. The Morgan fingerprint density at radius 3 is 2.46 bits per heavy atom. The fourth-order valence-electron chi connectivity index (χ4n) is 2.01. The lowest BCUT2D eigenvalue weighted by Gasteiger charge is -2.11. The van der Waals surface area contributed by atoms with Crippen LogP contribution in [0.2, 0.25) is 0 Å². The molecular weight excluding hydrogens is 312 g/mol. The number of hydrogen-bond acceptors (Lipinski definition) is 6. The number of rotatable bonds is 12. The zero-order valence-electron chi connectivity index (χ0n) is 14.2. The zero-order valence-corrected chi connectivity index (χ0v) is 14.2. The summed E-state index contributed by atoms with van der Waals surface area (Å²) in [6.45, 7) is 1.53. The van der Waals surface area contributed by atoms with Crippen LogP contribution in [-0.2, 0) is 19.1 Å². The van der Waals surface area contributed by atoms with Crippen LogP contribution in [0.15, 0.2) is 24.3 Å². The van der Waals surface area contributed by atoms with Gasteiger partial charge < -0.3 is 18.9 Å². The number of carbonyl (C=O) groups excluding carboxylic acids is 2. The van der Waals surface area contributed by atoms with Crippen LogP contribution in [0.3, 0.4) is 0 Å². The SMILES string of the molecule is COC(=O)/C=C/c1ccc(OCCCCCCOC=O)c(OC)c1. The molecule has 0 amide bonds. The normalized spacial score (nSPS) is 10.4. The highest BCUT2D eigenvalue weighted by atomic mass is 16.5. The summed E-state index contributed by atoms with van der Waals surface area (Å²) in [6, 6.07) is 5.45. The molecule has 0 fully saturated rings. The summed E-state index contributed by atoms with van der Waals surface area (Å²) in [7, 11) is 2.91. The van der Waals surface area contributed by atoms with Crippen molar-refractivity contribution in [2.45, 2.75) is 25.7 Å². The lowest BCUT2D eigenvalue weighted by atomic mass is 10.2. The predicted octanol–water partition coefficient (Wildman–Crippen LogP) is 2.99. The summed E-state index contributed by atoms with van der Waals surface area (Å²) in [6.07, 6.45) is 6.77. The van der Waals surface area contributed by atoms with Crippen molar-refractivity contribution < 1.29 is 28.5 Å². The predicted molar refractivity (Wildman–Crippen MR) is 90.0 cm³/mol. The van der Waals surface area contributed by atoms with Crippen LogP contribution in [0.4, 0.5) is 0 Å². The molecule has 6 heteroatoms. The minimum atomic E-state index is -0.409. The Kier molecular flexibility index (Phi) is 9.76. The van der Waals surface area contributed by atoms with E-state index in [0.29, 0.717) is 31.2 Å². The molecule has 0 radical (unpaired) electrons. The van der Waals surface area contributed by atoms with E-state index in [4.69, 9.17) is 9.47 Å². The number of carbonyl (C=O) groups is 2. The van der Waals surface area contributed by atoms with Gasteiger partial charge in [0.1, 0.15) is 0 Å². The molecule has 1 rings (SSSR count). The van der Waals surface area contributed by atoms with Crippen LogP contribution < -0.4 is 9.47 Å². The Balaban J connectivity index is 2.41. The van der Waals surface area contributed by atoms with E-state index in [9.17, 15) is 9.59 Å². The minimum Gasteiger partial charge on any atom is -0.493 e. The van der Waals surface area contributed by atoms with Gasteiger partial charge in [0.05, 0.1) is 27.4 Å². The van der Waals surface area contributed by atoms with E-state index < -0.39 is 5.97 Å². The monoisotopic (exact) mass is 336 g/mol. The van der Waals surface area contributed by atoms with Crippen LogP contribution in [0.25, 0.3) is 6.08 Å². The first kappa shape index (κ1) is 19.5. The second-order valence-corrected chi connectivity index (χ2v) is 5.00. The summed E-state index contributed by atoms with van der Waals surface area (Å²) < 4.78 is 20.2. The van der Waals surface area contributed by atoms with Gasteiger partial charge in [-0.3, -0.25) is 4.79 Å². The number of ether oxygens (including phenoxy) is 4. The van der Waals surface area contributed by atoms with E-state index >= 15 is 0 Å². The number of hydrogen-bond donors (Lipinski definition) is 0. The number of unbranched alkanes of at least 4 members (excludes halogenated alkanes) is 3. The molecule has 0 aliphatic rings. The Hall–Kier alpha value is -2.50. The van der Waals surface area contributed by atoms with Crippen molar-refractivity contribution in [1.29, 1.82) is 0 Å². The molecule has 0 aromatic heterocycles. The fraction of sp³-hybridized carbons (Fsp3) is 0.444. The Bertz CT molecular complexity index is 538. The molecule has 0 aliphatic carbocycles. The Morgan fingerprint density at radius 1 is 1.04 bits per heavy atom. The first-order valence-corrected chi connectivity index (χ1v) is 7.83. The maximum Gasteiger partial charge on any atom is 0.330 e. The van der Waals surface area contributed by atoms with Crippen molar-refractivity contribution in [2.75, 3.05) is 27.4 Å². The largest absolute Gasteiger partial charge is 0.493 e. The minimum absolute atomic E-state index is 0.409. The fourth-order valence-corrected chi connectivity index (χ4v) is 2.01. The molecule has 0 saturated carbocycles. The van der Waals surface area contributed by atoms with E-state index in [1.165, 1.54) is 13.2 Å². The second kappa shape index (κ2) is 12.0. The third kappa shape index (κ3) is 7.67. The van der Waals surface area contributed by atoms with Gasteiger partial charge in [0.15, 0.2) is 11.5 Å². The summed E-state index contributed by atoms with van der Waals surface area (Å²) in [4.78, 5) is 21.1. The van der Waals surface area contributed by atoms with Crippen molar-refractivity contribution in [1.82, 2.24) is 0 Å². The molecule has 24 heavy (non-hydrogen) atoms. The van der Waals surface area contributed by atoms with E-state index in [2.05, 4.69) is 9.47 Å². The quantitative estimate of drug-likeness (QED) is 0.253. The van der Waals surface area contributed by atoms with Gasteiger partial charge in [-0.1, -0.05) is 6.07 Å². The number of methoxy groups -OCH3 is 2. The standard InChI is InChI=1S/C18H24O6/c1-21-17-13-15(8-10-18(20)22-2)7-9-16(17)24-12-6-4-3-5-11-23-14-19/h7-10,13-14H,3-6,11-12H2,1-2H3/b10-8+. The third-order valence-corrected chi connectivity index (χ3v) is 3.28. The van der Waals surface area contributed by atoms with Crippen LogP contribution >= 0.6 is 0 Å². The average molecular weight is 336 g/mol. The topological polar surface area (TPSA) is 71.1 Å². The summed E-state index contributed by atoms with van der Waals surface area (Å²) >= 11 is 0. The van der Waals surface area contributed by atoms with Gasteiger partial charge in [-0.05, 0) is 49.5 Å². The Morgan fingerprint density at radius 2 is 1.79 bits per heavy atom. The maximum atomic E-state index is 11.1. The molecule has 0 saturated heterocycles. The molecule has 0 heterocycles. The number of benzene rings is 1. The van der Waals surface area contributed by atoms with Gasteiger partial charge in [0.2, 0.25) is 0 Å². The van der Waals surface area contributed by atoms with Gasteiger partial charge in [-0.25, -0.2) is 4.79 Å². The summed E-state index contributed by atoms with van der Waals surface area (Å²) in [5, 5.41) is 0. The highest BCUT2D eigenvalue weighted by Gasteiger charge is 2.05. The van der Waals surface area contributed by atoms with E-state index in [0.717, 1.165) is 31.2 Å². The first-order valence-electron chi connectivity index (χ1n) is 7.83. The van der Waals surface area contributed by atoms with Crippen molar-refractivity contribution in [3.8, 4) is 11.5 Å². The van der Waals surface area contributed by atoms with Crippen molar-refractivity contribution in [3.05, 3.63) is 29.8 Å². The molecule has 132 valence electrons. The summed E-state index contributed by atoms with van der Waals surface area (Å²) in [5.41, 5.74) is 0.819. The smallest absolute Gasteiger partial charge is 0.330 e. The molecule has 0 aliphatic heterocycles. The van der Waals surface area contributed by atoms with E-state index in [1.807, 2.05) is 12.1 Å². The molecule has 1 aromatic carbocycles. The molecule has 6 nitrogen and oxygen atoms in total. The van der Waals surface area contributed by atoms with E-state index in [-0.39, 0.29) is 0 Å². The molecule has 0 bridgehead atoms. The average Bonchev–Trinajstić information content (AvgIpc) is 2.62. The molecule has 0 spiro atoms. The lowest BCUT2D eigenvalue weighted by molar-refractivity contribution is -0.134. The maximum absolute atomic E-state index is 11.1. The van der Waals surface area contributed by atoms with Crippen LogP contribution in [0.5, 0.6) is 11.5 Å². The van der Waals surface area contributed by atoms with Crippen molar-refractivity contribution in [3.63, 3.8) is 0 Å². The molecule has 0 N–H and O–H groups in total. The van der Waals surface area contributed by atoms with Crippen molar-refractivity contribution >= 4 is 18.5 Å². The molecule has 1 aromatic rings. The highest BCUT2D eigenvalue weighted by Crippen LogP contribution is 2.28. The molecular formula is C18H24O6. The van der Waals surface area contributed by atoms with Gasteiger partial charge in [-0.2, -0.15) is 0 Å². The third-order valence-electron chi connectivity index (χ3n) is 3.28.